The molecule has 0 aliphatic carbocycles. The second-order valence-corrected chi connectivity index (χ2v) is 4.07. The summed E-state index contributed by atoms with van der Waals surface area (Å²) in [5, 5.41) is 11.2. The van der Waals surface area contributed by atoms with E-state index in [4.69, 9.17) is 15.7 Å². The molecule has 16 heavy (non-hydrogen) atoms. The van der Waals surface area contributed by atoms with Gasteiger partial charge in [-0.15, -0.1) is 0 Å². The minimum absolute atomic E-state index is 0.0150. The van der Waals surface area contributed by atoms with Crippen molar-refractivity contribution in [1.29, 1.82) is 0 Å². The van der Waals surface area contributed by atoms with Crippen LogP contribution in [0.1, 0.15) is 19.8 Å². The molecule has 0 spiro atoms. The fraction of sp³-hybridized carbons (Fsp3) is 0.800. The highest BCUT2D eigenvalue weighted by atomic mass is 16.5. The van der Waals surface area contributed by atoms with Gasteiger partial charge in [-0.3, -0.25) is 4.79 Å². The first kappa shape index (κ1) is 12.8. The number of ether oxygens (including phenoxy) is 1. The molecule has 1 aliphatic rings. The highest BCUT2D eigenvalue weighted by Gasteiger charge is 2.32. The number of nitrogens with zero attached hydrogens (tertiary/aromatic N) is 2. The maximum Gasteiger partial charge on any atom is 0.228 e. The molecule has 0 saturated carbocycles. The summed E-state index contributed by atoms with van der Waals surface area (Å²) in [6.45, 7) is 3.01. The van der Waals surface area contributed by atoms with Crippen LogP contribution in [0.3, 0.4) is 0 Å². The number of carbonyl (C=O) groups excluding carboxylic acids is 1. The summed E-state index contributed by atoms with van der Waals surface area (Å²) >= 11 is 0. The molecule has 0 aromatic rings. The maximum absolute atomic E-state index is 12.0. The lowest BCUT2D eigenvalue weighted by Gasteiger charge is -2.22. The number of amidine groups is 1. The number of nitrogens with two attached hydrogens (primary N) is 1. The van der Waals surface area contributed by atoms with Crippen molar-refractivity contribution < 1.29 is 14.7 Å². The van der Waals surface area contributed by atoms with Gasteiger partial charge >= 0.3 is 0 Å². The van der Waals surface area contributed by atoms with Gasteiger partial charge in [0.15, 0.2) is 0 Å². The number of rotatable bonds is 4. The van der Waals surface area contributed by atoms with Gasteiger partial charge in [0, 0.05) is 26.6 Å². The average molecular weight is 229 g/mol. The Morgan fingerprint density at radius 2 is 2.38 bits per heavy atom. The molecule has 1 rings (SSSR count). The highest BCUT2D eigenvalue weighted by Crippen LogP contribution is 2.22. The highest BCUT2D eigenvalue weighted by molar-refractivity contribution is 5.82. The van der Waals surface area contributed by atoms with Crippen molar-refractivity contribution in [1.82, 2.24) is 4.90 Å². The molecule has 92 valence electrons. The first-order valence-electron chi connectivity index (χ1n) is 5.39. The Hall–Kier alpha value is -1.30. The van der Waals surface area contributed by atoms with Crippen LogP contribution in [0, 0.1) is 5.92 Å². The summed E-state index contributed by atoms with van der Waals surface area (Å²) in [7, 11) is 1.72. The molecule has 1 saturated heterocycles. The normalized spacial score (nSPS) is 25.8. The van der Waals surface area contributed by atoms with Crippen molar-refractivity contribution in [2.24, 2.45) is 16.8 Å². The van der Waals surface area contributed by atoms with E-state index in [0.29, 0.717) is 19.6 Å². The largest absolute Gasteiger partial charge is 0.409 e. The van der Waals surface area contributed by atoms with E-state index in [-0.39, 0.29) is 23.8 Å². The molecule has 6 nitrogen and oxygen atoms in total. The van der Waals surface area contributed by atoms with E-state index in [2.05, 4.69) is 5.16 Å². The molecule has 1 fully saturated rings. The molecule has 1 heterocycles. The fourth-order valence-electron chi connectivity index (χ4n) is 1.78. The van der Waals surface area contributed by atoms with Crippen molar-refractivity contribution in [3.05, 3.63) is 0 Å². The Balaban J connectivity index is 2.41. The smallest absolute Gasteiger partial charge is 0.228 e. The second kappa shape index (κ2) is 5.69. The van der Waals surface area contributed by atoms with Gasteiger partial charge in [0.05, 0.1) is 12.0 Å². The van der Waals surface area contributed by atoms with Crippen molar-refractivity contribution in [3.63, 3.8) is 0 Å². The van der Waals surface area contributed by atoms with Gasteiger partial charge in [0.25, 0.3) is 0 Å². The Morgan fingerprint density at radius 3 is 2.88 bits per heavy atom. The lowest BCUT2D eigenvalue weighted by molar-refractivity contribution is -0.135. The van der Waals surface area contributed by atoms with Crippen LogP contribution in [-0.2, 0) is 9.53 Å². The quantitative estimate of drug-likeness (QED) is 0.307. The topological polar surface area (TPSA) is 88.2 Å². The van der Waals surface area contributed by atoms with E-state index < -0.39 is 0 Å². The standard InChI is InChI=1S/C10H19N3O3/c1-7-8(4-6-16-7)10(14)13(2)5-3-9(11)12-15/h7-8,15H,3-6H2,1-2H3,(H2,11,12). The van der Waals surface area contributed by atoms with E-state index in [1.165, 1.54) is 0 Å². The van der Waals surface area contributed by atoms with Crippen LogP contribution < -0.4 is 5.73 Å². The second-order valence-electron chi connectivity index (χ2n) is 4.07. The van der Waals surface area contributed by atoms with Gasteiger partial charge in [0.1, 0.15) is 5.84 Å². The van der Waals surface area contributed by atoms with Gasteiger partial charge in [-0.05, 0) is 13.3 Å². The molecule has 6 heteroatoms. The summed E-state index contributed by atoms with van der Waals surface area (Å²) in [5.74, 6) is 0.142. The lowest BCUT2D eigenvalue weighted by atomic mass is 10.0. The summed E-state index contributed by atoms with van der Waals surface area (Å²) in [6, 6.07) is 0. The summed E-state index contributed by atoms with van der Waals surface area (Å²) in [6.07, 6.45) is 1.13. The molecule has 0 aromatic carbocycles. The Labute approximate surface area is 95.0 Å². The zero-order chi connectivity index (χ0) is 12.1. The van der Waals surface area contributed by atoms with Gasteiger partial charge in [0.2, 0.25) is 5.91 Å². The summed E-state index contributed by atoms with van der Waals surface area (Å²) < 4.78 is 5.35. The molecule has 0 aromatic heterocycles. The number of hydrogen-bond acceptors (Lipinski definition) is 4. The van der Waals surface area contributed by atoms with Crippen molar-refractivity contribution >= 4 is 11.7 Å². The number of oxime groups is 1. The molecule has 1 amide bonds. The lowest BCUT2D eigenvalue weighted by Crippen LogP contribution is -2.37. The van der Waals surface area contributed by atoms with Gasteiger partial charge in [-0.25, -0.2) is 0 Å². The average Bonchev–Trinajstić information content (AvgIpc) is 2.70. The first-order valence-corrected chi connectivity index (χ1v) is 5.39. The van der Waals surface area contributed by atoms with E-state index in [1.54, 1.807) is 11.9 Å². The summed E-state index contributed by atoms with van der Waals surface area (Å²) in [5.41, 5.74) is 5.34. The molecular formula is C10H19N3O3. The third kappa shape index (κ3) is 3.10. The van der Waals surface area contributed by atoms with Crippen LogP contribution >= 0.6 is 0 Å². The minimum Gasteiger partial charge on any atom is -0.409 e. The molecular weight excluding hydrogens is 210 g/mol. The fourth-order valence-corrected chi connectivity index (χ4v) is 1.78. The van der Waals surface area contributed by atoms with E-state index in [9.17, 15) is 4.79 Å². The van der Waals surface area contributed by atoms with E-state index in [0.717, 1.165) is 6.42 Å². The molecule has 2 unspecified atom stereocenters. The van der Waals surface area contributed by atoms with Gasteiger partial charge in [-0.1, -0.05) is 5.16 Å². The van der Waals surface area contributed by atoms with Crippen LogP contribution in [-0.4, -0.2) is 48.2 Å². The summed E-state index contributed by atoms with van der Waals surface area (Å²) in [4.78, 5) is 13.6. The minimum atomic E-state index is -0.0581. The zero-order valence-corrected chi connectivity index (χ0v) is 9.72. The molecule has 0 radical (unpaired) electrons. The van der Waals surface area contributed by atoms with Gasteiger partial charge in [-0.2, -0.15) is 0 Å². The SMILES string of the molecule is CC1OCCC1C(=O)N(C)CCC(N)=NO. The van der Waals surface area contributed by atoms with Crippen molar-refractivity contribution in [3.8, 4) is 0 Å². The van der Waals surface area contributed by atoms with E-state index in [1.807, 2.05) is 6.92 Å². The Kier molecular flexibility index (Phi) is 4.54. The van der Waals surface area contributed by atoms with Crippen LogP contribution in [0.15, 0.2) is 5.16 Å². The predicted octanol–water partition coefficient (Wildman–Crippen LogP) is 0.00630. The number of hydrogen-bond donors (Lipinski definition) is 2. The molecule has 3 N–H and O–H groups in total. The van der Waals surface area contributed by atoms with Crippen molar-refractivity contribution in [2.75, 3.05) is 20.2 Å². The zero-order valence-electron chi connectivity index (χ0n) is 9.72. The first-order chi connectivity index (χ1) is 7.56. The van der Waals surface area contributed by atoms with Crippen LogP contribution in [0.2, 0.25) is 0 Å². The number of amides is 1. The van der Waals surface area contributed by atoms with Crippen LogP contribution in [0.4, 0.5) is 0 Å². The van der Waals surface area contributed by atoms with Crippen molar-refractivity contribution in [2.45, 2.75) is 25.9 Å². The van der Waals surface area contributed by atoms with E-state index >= 15 is 0 Å². The number of carbonyl (C=O) groups is 1. The van der Waals surface area contributed by atoms with Crippen LogP contribution in [0.5, 0.6) is 0 Å². The molecule has 2 atom stereocenters. The maximum atomic E-state index is 12.0. The predicted molar refractivity (Wildman–Crippen MR) is 59.2 cm³/mol. The molecule has 0 bridgehead atoms. The Bertz CT molecular complexity index is 280. The van der Waals surface area contributed by atoms with Gasteiger partial charge < -0.3 is 20.6 Å². The van der Waals surface area contributed by atoms with Crippen LogP contribution in [0.25, 0.3) is 0 Å². The third-order valence-corrected chi connectivity index (χ3v) is 2.90. The Morgan fingerprint density at radius 1 is 1.69 bits per heavy atom. The molecule has 1 aliphatic heterocycles. The third-order valence-electron chi connectivity index (χ3n) is 2.90. The monoisotopic (exact) mass is 229 g/mol.